The van der Waals surface area contributed by atoms with Crippen LogP contribution in [0.3, 0.4) is 0 Å². The fourth-order valence-corrected chi connectivity index (χ4v) is 2.22. The summed E-state index contributed by atoms with van der Waals surface area (Å²) in [5.41, 5.74) is 1.51. The third kappa shape index (κ3) is 1.76. The van der Waals surface area contributed by atoms with Crippen LogP contribution in [0.15, 0.2) is 24.3 Å². The molecule has 0 unspecified atom stereocenters. The Balaban J connectivity index is 2.29. The maximum absolute atomic E-state index is 13.3. The van der Waals surface area contributed by atoms with E-state index in [2.05, 4.69) is 15.9 Å². The molecule has 0 radical (unpaired) electrons. The molecule has 1 aromatic rings. The van der Waals surface area contributed by atoms with Crippen LogP contribution in [0.4, 0.5) is 10.1 Å². The maximum atomic E-state index is 13.3. The number of hydrogen-bond donors (Lipinski definition) is 0. The average Bonchev–Trinajstić information content (AvgIpc) is 2.25. The first-order valence-corrected chi connectivity index (χ1v) is 5.72. The van der Waals surface area contributed by atoms with Crippen LogP contribution in [0.5, 0.6) is 0 Å². The quantitative estimate of drug-likeness (QED) is 0.606. The summed E-state index contributed by atoms with van der Waals surface area (Å²) >= 11 is 8.46. The van der Waals surface area contributed by atoms with Gasteiger partial charge in [-0.15, -0.1) is 11.6 Å². The van der Waals surface area contributed by atoms with E-state index in [-0.39, 0.29) is 6.54 Å². The summed E-state index contributed by atoms with van der Waals surface area (Å²) in [7, 11) is 0. The SMILES string of the molecule is O=C1N(c2ccccc2CCl)C[C@@]1(F)Br. The van der Waals surface area contributed by atoms with Crippen molar-refractivity contribution >= 4 is 39.1 Å². The topological polar surface area (TPSA) is 20.3 Å². The summed E-state index contributed by atoms with van der Waals surface area (Å²) in [6.07, 6.45) is 0. The van der Waals surface area contributed by atoms with Crippen LogP contribution in [-0.4, -0.2) is 17.0 Å². The summed E-state index contributed by atoms with van der Waals surface area (Å²) in [6.45, 7) is 0.0275. The van der Waals surface area contributed by atoms with E-state index in [9.17, 15) is 9.18 Å². The van der Waals surface area contributed by atoms with E-state index >= 15 is 0 Å². The van der Waals surface area contributed by atoms with Crippen LogP contribution in [0, 0.1) is 0 Å². The molecule has 1 amide bonds. The van der Waals surface area contributed by atoms with Gasteiger partial charge in [0.15, 0.2) is 0 Å². The lowest BCUT2D eigenvalue weighted by atomic mass is 10.1. The molecule has 0 N–H and O–H groups in total. The maximum Gasteiger partial charge on any atom is 0.277 e. The number of benzene rings is 1. The molecule has 0 aliphatic carbocycles. The number of hydrogen-bond acceptors (Lipinski definition) is 1. The minimum absolute atomic E-state index is 0.0275. The van der Waals surface area contributed by atoms with E-state index in [4.69, 9.17) is 11.6 Å². The molecular weight excluding hydrogens is 284 g/mol. The van der Waals surface area contributed by atoms with E-state index in [0.29, 0.717) is 11.6 Å². The number of amides is 1. The molecule has 1 heterocycles. The number of nitrogens with zero attached hydrogens (tertiary/aromatic N) is 1. The van der Waals surface area contributed by atoms with Gasteiger partial charge in [0.1, 0.15) is 0 Å². The Bertz CT molecular complexity index is 410. The van der Waals surface area contributed by atoms with Crippen LogP contribution in [-0.2, 0) is 10.7 Å². The Labute approximate surface area is 100 Å². The Morgan fingerprint density at radius 2 is 2.20 bits per heavy atom. The number of carbonyl (C=O) groups excluding carboxylic acids is 1. The average molecular weight is 293 g/mol. The van der Waals surface area contributed by atoms with Gasteiger partial charge in [-0.2, -0.15) is 0 Å². The van der Waals surface area contributed by atoms with Gasteiger partial charge < -0.3 is 4.90 Å². The molecule has 2 rings (SSSR count). The molecule has 15 heavy (non-hydrogen) atoms. The standard InChI is InChI=1S/C10H8BrClFNO/c11-10(13)6-14(9(10)15)8-4-2-1-3-7(8)5-12/h1-4H,5-6H2/t10-/m0/s1. The largest absolute Gasteiger partial charge is 0.304 e. The molecule has 1 fully saturated rings. The van der Waals surface area contributed by atoms with Crippen molar-refractivity contribution in [3.63, 3.8) is 0 Å². The second-order valence-electron chi connectivity index (χ2n) is 3.36. The lowest BCUT2D eigenvalue weighted by Gasteiger charge is -2.40. The number of anilines is 1. The number of para-hydroxylation sites is 1. The highest BCUT2D eigenvalue weighted by Crippen LogP contribution is 2.38. The van der Waals surface area contributed by atoms with Crippen molar-refractivity contribution < 1.29 is 9.18 Å². The Kier molecular flexibility index (Phi) is 2.73. The fourth-order valence-electron chi connectivity index (χ4n) is 1.53. The molecule has 80 valence electrons. The zero-order valence-electron chi connectivity index (χ0n) is 7.71. The van der Waals surface area contributed by atoms with Crippen molar-refractivity contribution in [1.29, 1.82) is 0 Å². The summed E-state index contributed by atoms with van der Waals surface area (Å²) in [6, 6.07) is 7.22. The number of alkyl halides is 3. The van der Waals surface area contributed by atoms with Crippen LogP contribution in [0.1, 0.15) is 5.56 Å². The van der Waals surface area contributed by atoms with Crippen molar-refractivity contribution in [3.8, 4) is 0 Å². The van der Waals surface area contributed by atoms with Crippen molar-refractivity contribution in [1.82, 2.24) is 0 Å². The summed E-state index contributed by atoms with van der Waals surface area (Å²) < 4.78 is 11.4. The molecule has 5 heteroatoms. The second kappa shape index (κ2) is 3.76. The van der Waals surface area contributed by atoms with Gasteiger partial charge in [0.25, 0.3) is 10.5 Å². The van der Waals surface area contributed by atoms with E-state index in [1.54, 1.807) is 12.1 Å². The molecule has 1 atom stereocenters. The summed E-state index contributed by atoms with van der Waals surface area (Å²) in [5, 5.41) is 0. The molecule has 0 spiro atoms. The lowest BCUT2D eigenvalue weighted by Crippen LogP contribution is -2.61. The third-order valence-corrected chi connectivity index (χ3v) is 3.22. The molecule has 0 bridgehead atoms. The molecule has 1 saturated heterocycles. The van der Waals surface area contributed by atoms with E-state index in [1.807, 2.05) is 12.1 Å². The molecule has 1 aromatic carbocycles. The molecule has 0 saturated carbocycles. The third-order valence-electron chi connectivity index (χ3n) is 2.34. The van der Waals surface area contributed by atoms with Gasteiger partial charge in [-0.05, 0) is 27.6 Å². The van der Waals surface area contributed by atoms with Crippen molar-refractivity contribution in [2.45, 2.75) is 10.5 Å². The summed E-state index contributed by atoms with van der Waals surface area (Å²) in [5.74, 6) is -0.262. The van der Waals surface area contributed by atoms with Crippen LogP contribution >= 0.6 is 27.5 Å². The van der Waals surface area contributed by atoms with Crippen molar-refractivity contribution in [2.24, 2.45) is 0 Å². The zero-order valence-corrected chi connectivity index (χ0v) is 10.1. The van der Waals surface area contributed by atoms with Crippen LogP contribution < -0.4 is 4.90 Å². The smallest absolute Gasteiger partial charge is 0.277 e. The van der Waals surface area contributed by atoms with Crippen LogP contribution in [0.2, 0.25) is 0 Å². The van der Waals surface area contributed by atoms with Crippen molar-refractivity contribution in [2.75, 3.05) is 11.4 Å². The lowest BCUT2D eigenvalue weighted by molar-refractivity contribution is -0.130. The first kappa shape index (κ1) is 10.9. The molecule has 1 aliphatic rings. The monoisotopic (exact) mass is 291 g/mol. The molecule has 0 aromatic heterocycles. The number of rotatable bonds is 2. The van der Waals surface area contributed by atoms with E-state index in [1.165, 1.54) is 4.90 Å². The fraction of sp³-hybridized carbons (Fsp3) is 0.300. The highest BCUT2D eigenvalue weighted by Gasteiger charge is 2.52. The van der Waals surface area contributed by atoms with Gasteiger partial charge in [-0.1, -0.05) is 18.2 Å². The van der Waals surface area contributed by atoms with Gasteiger partial charge in [0.05, 0.1) is 6.54 Å². The summed E-state index contributed by atoms with van der Waals surface area (Å²) in [4.78, 5) is 12.8. The predicted molar refractivity (Wildman–Crippen MR) is 61.1 cm³/mol. The Morgan fingerprint density at radius 1 is 1.53 bits per heavy atom. The molecule has 2 nitrogen and oxygen atoms in total. The van der Waals surface area contributed by atoms with Gasteiger partial charge in [-0.25, -0.2) is 4.39 Å². The first-order chi connectivity index (χ1) is 7.06. The minimum Gasteiger partial charge on any atom is -0.304 e. The van der Waals surface area contributed by atoms with Gasteiger partial charge >= 0.3 is 0 Å². The van der Waals surface area contributed by atoms with Gasteiger partial charge in [0.2, 0.25) is 0 Å². The highest BCUT2D eigenvalue weighted by atomic mass is 79.9. The minimum atomic E-state index is -1.90. The molecular formula is C10H8BrClFNO. The van der Waals surface area contributed by atoms with Gasteiger partial charge in [0, 0.05) is 11.6 Å². The molecule has 1 aliphatic heterocycles. The first-order valence-electron chi connectivity index (χ1n) is 4.40. The Morgan fingerprint density at radius 3 is 2.73 bits per heavy atom. The van der Waals surface area contributed by atoms with Crippen molar-refractivity contribution in [3.05, 3.63) is 29.8 Å². The number of β-lactam (4-membered cyclic amide) rings is 1. The van der Waals surface area contributed by atoms with Crippen LogP contribution in [0.25, 0.3) is 0 Å². The Hall–Kier alpha value is -0.610. The van der Waals surface area contributed by atoms with Gasteiger partial charge in [-0.3, -0.25) is 4.79 Å². The normalized spacial score (nSPS) is 25.3. The highest BCUT2D eigenvalue weighted by molar-refractivity contribution is 9.10. The van der Waals surface area contributed by atoms with E-state index < -0.39 is 10.5 Å². The van der Waals surface area contributed by atoms with E-state index in [0.717, 1.165) is 5.56 Å². The second-order valence-corrected chi connectivity index (χ2v) is 4.88. The number of halogens is 3. The zero-order chi connectivity index (χ0) is 11.1. The number of carbonyl (C=O) groups is 1. The predicted octanol–water partition coefficient (Wildman–Crippen LogP) is 2.83.